The minimum Gasteiger partial charge on any atom is -0.333 e. The maximum atomic E-state index is 13.1. The molecule has 0 radical (unpaired) electrons. The lowest BCUT2D eigenvalue weighted by molar-refractivity contribution is -0.118. The van der Waals surface area contributed by atoms with Crippen LogP contribution in [-0.4, -0.2) is 28.9 Å². The van der Waals surface area contributed by atoms with Gasteiger partial charge in [0.25, 0.3) is 5.89 Å². The van der Waals surface area contributed by atoms with Crippen LogP contribution in [0, 0.1) is 0 Å². The van der Waals surface area contributed by atoms with Crippen molar-refractivity contribution in [3.8, 4) is 0 Å². The van der Waals surface area contributed by atoms with E-state index in [1.54, 1.807) is 24.3 Å². The maximum absolute atomic E-state index is 13.1. The zero-order valence-corrected chi connectivity index (χ0v) is 16.7. The van der Waals surface area contributed by atoms with Crippen molar-refractivity contribution in [3.05, 3.63) is 53.9 Å². The average Bonchev–Trinajstić information content (AvgIpc) is 3.18. The Hall–Kier alpha value is -2.97. The summed E-state index contributed by atoms with van der Waals surface area (Å²) in [5.74, 6) is -4.52. The first-order valence-corrected chi connectivity index (χ1v) is 9.60. The Morgan fingerprint density at radius 1 is 1.27 bits per heavy atom. The lowest BCUT2D eigenvalue weighted by Gasteiger charge is -2.23. The monoisotopic (exact) mass is 423 g/mol. The Kier molecular flexibility index (Phi) is 8.32. The third kappa shape index (κ3) is 7.13. The third-order valence-electron chi connectivity index (χ3n) is 4.35. The average molecular weight is 423 g/mol. The second-order valence-corrected chi connectivity index (χ2v) is 6.99. The van der Waals surface area contributed by atoms with E-state index >= 15 is 0 Å². The number of unbranched alkanes of at least 4 members (excludes halogenated alkanes) is 2. The number of hydrogen-bond acceptors (Lipinski definition) is 5. The van der Waals surface area contributed by atoms with Crippen LogP contribution in [0.2, 0.25) is 0 Å². The number of amides is 1. The van der Waals surface area contributed by atoms with Gasteiger partial charge in [-0.3, -0.25) is 9.59 Å². The first kappa shape index (κ1) is 23.3. The van der Waals surface area contributed by atoms with Crippen LogP contribution >= 0.6 is 0 Å². The van der Waals surface area contributed by atoms with E-state index in [0.29, 0.717) is 56.7 Å². The van der Waals surface area contributed by atoms with Crippen molar-refractivity contribution in [1.29, 1.82) is 0 Å². The summed E-state index contributed by atoms with van der Waals surface area (Å²) in [7, 11) is 0. The highest BCUT2D eigenvalue weighted by atomic mass is 19.3. The maximum Gasteiger partial charge on any atom is 0.322 e. The molecule has 1 aromatic heterocycles. The highest BCUT2D eigenvalue weighted by molar-refractivity contribution is 5.94. The summed E-state index contributed by atoms with van der Waals surface area (Å²) in [6.45, 7) is 4.22. The standard InChI is InChI=1S/C21H24F3N3O3/c1-15(22)10-11-19(29)27(17-8-6-7-16(13-17)14-28)12-5-3-4-9-18-25-20(30-26-18)21(2,23)24/h6-8,13-14H,1,3-5,9-12H2,2H3. The summed E-state index contributed by atoms with van der Waals surface area (Å²) >= 11 is 0. The fraction of sp³-hybridized carbons (Fsp3) is 0.429. The summed E-state index contributed by atoms with van der Waals surface area (Å²) in [4.78, 5) is 28.8. The van der Waals surface area contributed by atoms with Gasteiger partial charge in [0.1, 0.15) is 6.29 Å². The number of aryl methyl sites for hydroxylation is 1. The Morgan fingerprint density at radius 3 is 2.67 bits per heavy atom. The predicted octanol–water partition coefficient (Wildman–Crippen LogP) is 5.00. The summed E-state index contributed by atoms with van der Waals surface area (Å²) in [5.41, 5.74) is 0.989. The van der Waals surface area contributed by atoms with E-state index in [2.05, 4.69) is 21.2 Å². The number of nitrogens with zero attached hydrogens (tertiary/aromatic N) is 3. The zero-order chi connectivity index (χ0) is 22.1. The molecule has 0 aliphatic carbocycles. The first-order chi connectivity index (χ1) is 14.2. The van der Waals surface area contributed by atoms with E-state index < -0.39 is 17.6 Å². The van der Waals surface area contributed by atoms with Gasteiger partial charge in [0.15, 0.2) is 5.82 Å². The molecule has 6 nitrogen and oxygen atoms in total. The van der Waals surface area contributed by atoms with Gasteiger partial charge < -0.3 is 9.42 Å². The molecule has 0 bridgehead atoms. The lowest BCUT2D eigenvalue weighted by atomic mass is 10.1. The van der Waals surface area contributed by atoms with Crippen LogP contribution in [0.15, 0.2) is 41.2 Å². The topological polar surface area (TPSA) is 76.3 Å². The molecule has 0 unspecified atom stereocenters. The van der Waals surface area contributed by atoms with Crippen LogP contribution in [0.1, 0.15) is 61.1 Å². The van der Waals surface area contributed by atoms with Crippen LogP contribution in [-0.2, 0) is 17.1 Å². The predicted molar refractivity (Wildman–Crippen MR) is 105 cm³/mol. The second-order valence-electron chi connectivity index (χ2n) is 6.99. The molecule has 0 saturated carbocycles. The minimum absolute atomic E-state index is 0.0302. The highest BCUT2D eigenvalue weighted by Crippen LogP contribution is 2.25. The van der Waals surface area contributed by atoms with Gasteiger partial charge in [-0.2, -0.15) is 13.8 Å². The quantitative estimate of drug-likeness (QED) is 0.355. The first-order valence-electron chi connectivity index (χ1n) is 9.60. The lowest BCUT2D eigenvalue weighted by Crippen LogP contribution is -2.31. The van der Waals surface area contributed by atoms with Crippen molar-refractivity contribution < 1.29 is 27.3 Å². The molecular weight excluding hydrogens is 399 g/mol. The molecule has 2 aromatic rings. The van der Waals surface area contributed by atoms with Gasteiger partial charge in [0.05, 0.1) is 5.83 Å². The fourth-order valence-corrected chi connectivity index (χ4v) is 2.80. The van der Waals surface area contributed by atoms with Gasteiger partial charge >= 0.3 is 5.92 Å². The van der Waals surface area contributed by atoms with Crippen molar-refractivity contribution in [1.82, 2.24) is 10.1 Å². The zero-order valence-electron chi connectivity index (χ0n) is 16.7. The number of carbonyl (C=O) groups excluding carboxylic acids is 2. The van der Waals surface area contributed by atoms with E-state index in [1.165, 1.54) is 4.90 Å². The van der Waals surface area contributed by atoms with Crippen LogP contribution in [0.4, 0.5) is 18.9 Å². The number of allylic oxidation sites excluding steroid dienone is 1. The molecule has 9 heteroatoms. The molecule has 30 heavy (non-hydrogen) atoms. The summed E-state index contributed by atoms with van der Waals surface area (Å²) in [6, 6.07) is 6.61. The van der Waals surface area contributed by atoms with Gasteiger partial charge in [-0.05, 0) is 25.0 Å². The Balaban J connectivity index is 1.92. The van der Waals surface area contributed by atoms with Crippen molar-refractivity contribution in [2.24, 2.45) is 0 Å². The Labute approximate surface area is 172 Å². The Bertz CT molecular complexity index is 878. The van der Waals surface area contributed by atoms with Gasteiger partial charge in [-0.25, -0.2) is 4.39 Å². The van der Waals surface area contributed by atoms with E-state index in [0.717, 1.165) is 0 Å². The molecule has 162 valence electrons. The normalized spacial score (nSPS) is 11.3. The number of carbonyl (C=O) groups is 2. The van der Waals surface area contributed by atoms with E-state index in [9.17, 15) is 22.8 Å². The number of anilines is 1. The molecule has 2 rings (SSSR count). The summed E-state index contributed by atoms with van der Waals surface area (Å²) in [5, 5.41) is 3.54. The van der Waals surface area contributed by atoms with Crippen LogP contribution in [0.5, 0.6) is 0 Å². The molecule has 0 saturated heterocycles. The third-order valence-corrected chi connectivity index (χ3v) is 4.35. The van der Waals surface area contributed by atoms with E-state index in [-0.39, 0.29) is 24.6 Å². The second kappa shape index (κ2) is 10.7. The molecule has 0 atom stereocenters. The van der Waals surface area contributed by atoms with Gasteiger partial charge in [0, 0.05) is 44.0 Å². The molecule has 0 N–H and O–H groups in total. The van der Waals surface area contributed by atoms with Crippen LogP contribution < -0.4 is 4.90 Å². The SMILES string of the molecule is C=C(F)CCC(=O)N(CCCCCc1noc(C(C)(F)F)n1)c1cccc(C=O)c1. The van der Waals surface area contributed by atoms with E-state index in [4.69, 9.17) is 0 Å². The number of benzene rings is 1. The van der Waals surface area contributed by atoms with Crippen molar-refractivity contribution in [2.45, 2.75) is 51.4 Å². The van der Waals surface area contributed by atoms with Crippen molar-refractivity contribution in [3.63, 3.8) is 0 Å². The van der Waals surface area contributed by atoms with Gasteiger partial charge in [0.2, 0.25) is 5.91 Å². The van der Waals surface area contributed by atoms with Gasteiger partial charge in [-0.15, -0.1) is 0 Å². The number of aromatic nitrogens is 2. The van der Waals surface area contributed by atoms with Gasteiger partial charge in [-0.1, -0.05) is 30.3 Å². The molecule has 0 fully saturated rings. The number of rotatable bonds is 12. The molecule has 1 aromatic carbocycles. The highest BCUT2D eigenvalue weighted by Gasteiger charge is 2.31. The van der Waals surface area contributed by atoms with E-state index in [1.807, 2.05) is 0 Å². The molecule has 0 aliphatic rings. The van der Waals surface area contributed by atoms with Crippen LogP contribution in [0.25, 0.3) is 0 Å². The number of halogens is 3. The summed E-state index contributed by atoms with van der Waals surface area (Å²) in [6.07, 6.45) is 2.88. The largest absolute Gasteiger partial charge is 0.333 e. The fourth-order valence-electron chi connectivity index (χ4n) is 2.80. The molecule has 1 amide bonds. The van der Waals surface area contributed by atoms with Crippen molar-refractivity contribution in [2.75, 3.05) is 11.4 Å². The number of alkyl halides is 2. The molecular formula is C21H24F3N3O3. The minimum atomic E-state index is -3.17. The smallest absolute Gasteiger partial charge is 0.322 e. The Morgan fingerprint density at radius 2 is 2.03 bits per heavy atom. The summed E-state index contributed by atoms with van der Waals surface area (Å²) < 4.78 is 43.7. The molecule has 0 spiro atoms. The number of hydrogen-bond donors (Lipinski definition) is 0. The molecule has 1 heterocycles. The number of aldehydes is 1. The van der Waals surface area contributed by atoms with Crippen LogP contribution in [0.3, 0.4) is 0 Å². The van der Waals surface area contributed by atoms with Crippen molar-refractivity contribution >= 4 is 17.9 Å². The molecule has 0 aliphatic heterocycles.